The largest absolute Gasteiger partial charge is 0.497 e. The van der Waals surface area contributed by atoms with Gasteiger partial charge in [-0.25, -0.2) is 9.97 Å². The number of hydrogen-bond donors (Lipinski definition) is 0. The molecule has 124 valence electrons. The number of hydrogen-bond acceptors (Lipinski definition) is 5. The monoisotopic (exact) mass is 340 g/mol. The first-order chi connectivity index (χ1) is 11.7. The Morgan fingerprint density at radius 1 is 1.33 bits per heavy atom. The number of aromatic nitrogens is 3. The van der Waals surface area contributed by atoms with Gasteiger partial charge in [0.05, 0.1) is 24.8 Å². The summed E-state index contributed by atoms with van der Waals surface area (Å²) in [6.07, 6.45) is 2.97. The van der Waals surface area contributed by atoms with Gasteiger partial charge in [0.2, 0.25) is 0 Å². The molecule has 6 heteroatoms. The molecule has 0 saturated carbocycles. The summed E-state index contributed by atoms with van der Waals surface area (Å²) in [7, 11) is 3.76. The third-order valence-corrected chi connectivity index (χ3v) is 5.38. The molecule has 0 unspecified atom stereocenters. The van der Waals surface area contributed by atoms with Crippen molar-refractivity contribution in [2.45, 2.75) is 19.5 Å². The highest BCUT2D eigenvalue weighted by Gasteiger charge is 2.20. The van der Waals surface area contributed by atoms with Crippen molar-refractivity contribution in [1.82, 2.24) is 19.4 Å². The normalized spacial score (nSPS) is 14.6. The Kier molecular flexibility index (Phi) is 4.08. The second kappa shape index (κ2) is 6.37. The molecule has 0 spiro atoms. The Morgan fingerprint density at radius 2 is 2.25 bits per heavy atom. The highest BCUT2D eigenvalue weighted by molar-refractivity contribution is 7.13. The maximum Gasteiger partial charge on any atom is 0.123 e. The minimum Gasteiger partial charge on any atom is -0.497 e. The number of imidazole rings is 1. The lowest BCUT2D eigenvalue weighted by molar-refractivity contribution is 0.238. The Labute approximate surface area is 145 Å². The molecule has 0 radical (unpaired) electrons. The third-order valence-electron chi connectivity index (χ3n) is 4.44. The van der Waals surface area contributed by atoms with Gasteiger partial charge in [-0.1, -0.05) is 12.1 Å². The molecule has 0 saturated heterocycles. The van der Waals surface area contributed by atoms with Crippen molar-refractivity contribution in [1.29, 1.82) is 0 Å². The summed E-state index contributed by atoms with van der Waals surface area (Å²) >= 11 is 1.69. The number of aryl methyl sites for hydroxylation is 1. The zero-order chi connectivity index (χ0) is 16.5. The standard InChI is InChI=1S/C18H20N4OS/c1-21-12-19-16-10-22(7-6-17(16)21)9-14-11-24-18(20-14)13-4-3-5-15(8-13)23-2/h3-5,8,11-12H,6-7,9-10H2,1-2H3. The van der Waals surface area contributed by atoms with Crippen LogP contribution in [-0.4, -0.2) is 33.1 Å². The number of fused-ring (bicyclic) bond motifs is 1. The molecule has 3 aromatic rings. The van der Waals surface area contributed by atoms with E-state index in [1.54, 1.807) is 18.4 Å². The fourth-order valence-electron chi connectivity index (χ4n) is 3.14. The second-order valence-electron chi connectivity index (χ2n) is 6.09. The summed E-state index contributed by atoms with van der Waals surface area (Å²) < 4.78 is 7.43. The highest BCUT2D eigenvalue weighted by atomic mass is 32.1. The van der Waals surface area contributed by atoms with Gasteiger partial charge in [-0.15, -0.1) is 11.3 Å². The van der Waals surface area contributed by atoms with Gasteiger partial charge in [-0.05, 0) is 12.1 Å². The first kappa shape index (κ1) is 15.4. The molecule has 24 heavy (non-hydrogen) atoms. The Bertz CT molecular complexity index is 854. The van der Waals surface area contributed by atoms with E-state index in [1.807, 2.05) is 24.5 Å². The summed E-state index contributed by atoms with van der Waals surface area (Å²) in [5.74, 6) is 0.864. The van der Waals surface area contributed by atoms with Crippen molar-refractivity contribution in [3.8, 4) is 16.3 Å². The van der Waals surface area contributed by atoms with Crippen LogP contribution in [0, 0.1) is 0 Å². The molecule has 0 atom stereocenters. The molecule has 0 N–H and O–H groups in total. The molecule has 2 aromatic heterocycles. The van der Waals surface area contributed by atoms with Gasteiger partial charge in [0.25, 0.3) is 0 Å². The fraction of sp³-hybridized carbons (Fsp3) is 0.333. The van der Waals surface area contributed by atoms with Crippen molar-refractivity contribution in [3.63, 3.8) is 0 Å². The number of thiazole rings is 1. The zero-order valence-electron chi connectivity index (χ0n) is 13.9. The summed E-state index contributed by atoms with van der Waals surface area (Å²) in [6, 6.07) is 8.06. The maximum atomic E-state index is 5.30. The molecule has 1 aromatic carbocycles. The van der Waals surface area contributed by atoms with Gasteiger partial charge in [-0.3, -0.25) is 4.90 Å². The van der Waals surface area contributed by atoms with Gasteiger partial charge in [0.1, 0.15) is 10.8 Å². The van der Waals surface area contributed by atoms with Crippen molar-refractivity contribution < 1.29 is 4.74 Å². The van der Waals surface area contributed by atoms with E-state index in [9.17, 15) is 0 Å². The van der Waals surface area contributed by atoms with E-state index in [1.165, 1.54) is 11.4 Å². The summed E-state index contributed by atoms with van der Waals surface area (Å²) in [6.45, 7) is 2.83. The average Bonchev–Trinajstić information content (AvgIpc) is 3.22. The van der Waals surface area contributed by atoms with E-state index in [4.69, 9.17) is 9.72 Å². The molecule has 1 aliphatic heterocycles. The predicted molar refractivity (Wildman–Crippen MR) is 95.1 cm³/mol. The van der Waals surface area contributed by atoms with E-state index >= 15 is 0 Å². The smallest absolute Gasteiger partial charge is 0.123 e. The number of methoxy groups -OCH3 is 1. The molecule has 4 rings (SSSR count). The summed E-state index contributed by atoms with van der Waals surface area (Å²) in [4.78, 5) is 11.7. The minimum atomic E-state index is 0.864. The van der Waals surface area contributed by atoms with E-state index in [0.717, 1.165) is 48.1 Å². The molecule has 0 bridgehead atoms. The van der Waals surface area contributed by atoms with Crippen LogP contribution in [0.15, 0.2) is 36.0 Å². The van der Waals surface area contributed by atoms with E-state index in [2.05, 4.69) is 32.9 Å². The Hall–Kier alpha value is -2.18. The van der Waals surface area contributed by atoms with Crippen molar-refractivity contribution in [2.75, 3.05) is 13.7 Å². The number of nitrogens with zero attached hydrogens (tertiary/aromatic N) is 4. The summed E-state index contributed by atoms with van der Waals surface area (Å²) in [5, 5.41) is 3.20. The van der Waals surface area contributed by atoms with Gasteiger partial charge in [0, 0.05) is 49.7 Å². The molecule has 3 heterocycles. The number of rotatable bonds is 4. The second-order valence-corrected chi connectivity index (χ2v) is 6.94. The van der Waals surface area contributed by atoms with Crippen LogP contribution in [0.25, 0.3) is 10.6 Å². The first-order valence-electron chi connectivity index (χ1n) is 8.03. The van der Waals surface area contributed by atoms with Crippen LogP contribution >= 0.6 is 11.3 Å². The minimum absolute atomic E-state index is 0.864. The van der Waals surface area contributed by atoms with Gasteiger partial charge < -0.3 is 9.30 Å². The average molecular weight is 340 g/mol. The van der Waals surface area contributed by atoms with Crippen molar-refractivity contribution in [2.24, 2.45) is 7.05 Å². The highest BCUT2D eigenvalue weighted by Crippen LogP contribution is 2.28. The van der Waals surface area contributed by atoms with E-state index in [0.29, 0.717) is 0 Å². The topological polar surface area (TPSA) is 43.2 Å². The van der Waals surface area contributed by atoms with Crippen LogP contribution in [-0.2, 0) is 26.6 Å². The van der Waals surface area contributed by atoms with Crippen molar-refractivity contribution in [3.05, 3.63) is 53.1 Å². The molecule has 5 nitrogen and oxygen atoms in total. The molecule has 0 amide bonds. The predicted octanol–water partition coefficient (Wildman–Crippen LogP) is 3.11. The van der Waals surface area contributed by atoms with Gasteiger partial charge in [-0.2, -0.15) is 0 Å². The van der Waals surface area contributed by atoms with E-state index in [-0.39, 0.29) is 0 Å². The van der Waals surface area contributed by atoms with Crippen molar-refractivity contribution >= 4 is 11.3 Å². The SMILES string of the molecule is COc1cccc(-c2nc(CN3CCc4c(ncn4C)C3)cs2)c1. The lowest BCUT2D eigenvalue weighted by Gasteiger charge is -2.25. The lowest BCUT2D eigenvalue weighted by atomic mass is 10.1. The third kappa shape index (κ3) is 2.95. The Balaban J connectivity index is 1.48. The fourth-order valence-corrected chi connectivity index (χ4v) is 3.95. The molecular weight excluding hydrogens is 320 g/mol. The number of benzene rings is 1. The van der Waals surface area contributed by atoms with Gasteiger partial charge >= 0.3 is 0 Å². The Morgan fingerprint density at radius 3 is 3.12 bits per heavy atom. The van der Waals surface area contributed by atoms with Crippen LogP contribution in [0.5, 0.6) is 5.75 Å². The maximum absolute atomic E-state index is 5.30. The van der Waals surface area contributed by atoms with Crippen LogP contribution < -0.4 is 4.74 Å². The number of ether oxygens (including phenoxy) is 1. The van der Waals surface area contributed by atoms with Crippen LogP contribution in [0.1, 0.15) is 17.1 Å². The lowest BCUT2D eigenvalue weighted by Crippen LogP contribution is -2.30. The van der Waals surface area contributed by atoms with Crippen LogP contribution in [0.4, 0.5) is 0 Å². The molecule has 0 aliphatic carbocycles. The quantitative estimate of drug-likeness (QED) is 0.732. The van der Waals surface area contributed by atoms with Crippen LogP contribution in [0.2, 0.25) is 0 Å². The zero-order valence-corrected chi connectivity index (χ0v) is 14.7. The van der Waals surface area contributed by atoms with Gasteiger partial charge in [0.15, 0.2) is 0 Å². The summed E-state index contributed by atoms with van der Waals surface area (Å²) in [5.41, 5.74) is 4.79. The van der Waals surface area contributed by atoms with E-state index < -0.39 is 0 Å². The molecular formula is C18H20N4OS. The molecule has 1 aliphatic rings. The first-order valence-corrected chi connectivity index (χ1v) is 8.91. The molecule has 0 fully saturated rings. The van der Waals surface area contributed by atoms with Crippen LogP contribution in [0.3, 0.4) is 0 Å².